The number of amides is 1. The Hall–Kier alpha value is -1.71. The van der Waals surface area contributed by atoms with Crippen LogP contribution in [0.2, 0.25) is 0 Å². The molecule has 0 saturated carbocycles. The molecule has 14 heavy (non-hydrogen) atoms. The fourth-order valence-electron chi connectivity index (χ4n) is 1.22. The highest BCUT2D eigenvalue weighted by atomic mass is 16.4. The van der Waals surface area contributed by atoms with E-state index in [0.29, 0.717) is 12.2 Å². The minimum absolute atomic E-state index is 0.134. The molecule has 1 atom stereocenters. The van der Waals surface area contributed by atoms with Crippen molar-refractivity contribution in [2.75, 3.05) is 12.3 Å². The highest BCUT2D eigenvalue weighted by Gasteiger charge is 2.06. The summed E-state index contributed by atoms with van der Waals surface area (Å²) in [4.78, 5) is 10.3. The van der Waals surface area contributed by atoms with Gasteiger partial charge in [-0.2, -0.15) is 0 Å². The van der Waals surface area contributed by atoms with Crippen LogP contribution in [-0.4, -0.2) is 17.7 Å². The van der Waals surface area contributed by atoms with Gasteiger partial charge in [0.15, 0.2) is 0 Å². The summed E-state index contributed by atoms with van der Waals surface area (Å²) in [6.07, 6.45) is -0.999. The first-order valence-electron chi connectivity index (χ1n) is 4.42. The number of nitrogens with one attached hydrogen (secondary N) is 1. The second kappa shape index (κ2) is 4.50. The molecule has 4 nitrogen and oxygen atoms in total. The lowest BCUT2D eigenvalue weighted by molar-refractivity contribution is 0.194. The quantitative estimate of drug-likeness (QED) is 0.640. The van der Waals surface area contributed by atoms with Crippen molar-refractivity contribution in [2.45, 2.75) is 12.8 Å². The minimum atomic E-state index is -0.999. The van der Waals surface area contributed by atoms with Crippen LogP contribution in [0.5, 0.6) is 0 Å². The van der Waals surface area contributed by atoms with E-state index in [0.717, 1.165) is 5.56 Å². The first-order chi connectivity index (χ1) is 6.59. The first-order valence-corrected chi connectivity index (χ1v) is 4.42. The number of carbonyl (C=O) groups is 1. The molecule has 1 aromatic rings. The van der Waals surface area contributed by atoms with E-state index in [-0.39, 0.29) is 5.92 Å². The Morgan fingerprint density at radius 1 is 1.64 bits per heavy atom. The van der Waals surface area contributed by atoms with Gasteiger partial charge in [-0.05, 0) is 23.6 Å². The number of benzene rings is 1. The van der Waals surface area contributed by atoms with Crippen LogP contribution in [0.25, 0.3) is 0 Å². The molecule has 0 bridgehead atoms. The molecule has 1 amide bonds. The Labute approximate surface area is 82.7 Å². The summed E-state index contributed by atoms with van der Waals surface area (Å²) in [5, 5.41) is 10.8. The third-order valence-corrected chi connectivity index (χ3v) is 2.04. The highest BCUT2D eigenvalue weighted by Crippen LogP contribution is 2.16. The Bertz CT molecular complexity index is 326. The Morgan fingerprint density at radius 2 is 2.36 bits per heavy atom. The second-order valence-electron chi connectivity index (χ2n) is 3.26. The van der Waals surface area contributed by atoms with Crippen molar-refractivity contribution in [3.8, 4) is 0 Å². The number of nitrogens with two attached hydrogens (primary N) is 1. The molecule has 0 spiro atoms. The Balaban J connectivity index is 2.60. The van der Waals surface area contributed by atoms with Gasteiger partial charge in [0.25, 0.3) is 0 Å². The van der Waals surface area contributed by atoms with Crippen molar-refractivity contribution in [3.05, 3.63) is 29.8 Å². The van der Waals surface area contributed by atoms with Gasteiger partial charge in [-0.3, -0.25) is 0 Å². The van der Waals surface area contributed by atoms with Crippen molar-refractivity contribution in [3.63, 3.8) is 0 Å². The topological polar surface area (TPSA) is 75.3 Å². The van der Waals surface area contributed by atoms with Crippen molar-refractivity contribution >= 4 is 11.8 Å². The molecule has 0 aliphatic heterocycles. The molecule has 0 aliphatic carbocycles. The van der Waals surface area contributed by atoms with E-state index in [1.165, 1.54) is 0 Å². The zero-order valence-corrected chi connectivity index (χ0v) is 8.03. The van der Waals surface area contributed by atoms with E-state index in [1.54, 1.807) is 6.07 Å². The van der Waals surface area contributed by atoms with Crippen molar-refractivity contribution in [2.24, 2.45) is 0 Å². The average molecular weight is 194 g/mol. The van der Waals surface area contributed by atoms with Crippen LogP contribution < -0.4 is 11.1 Å². The zero-order chi connectivity index (χ0) is 10.6. The van der Waals surface area contributed by atoms with Gasteiger partial charge >= 0.3 is 6.09 Å². The minimum Gasteiger partial charge on any atom is -0.465 e. The first kappa shape index (κ1) is 10.4. The summed E-state index contributed by atoms with van der Waals surface area (Å²) in [6.45, 7) is 2.35. The molecule has 0 radical (unpaired) electrons. The van der Waals surface area contributed by atoms with Crippen LogP contribution in [0.4, 0.5) is 10.5 Å². The van der Waals surface area contributed by atoms with Crippen molar-refractivity contribution < 1.29 is 9.90 Å². The van der Waals surface area contributed by atoms with Crippen LogP contribution in [0, 0.1) is 0 Å². The summed E-state index contributed by atoms with van der Waals surface area (Å²) in [5.74, 6) is 0.134. The van der Waals surface area contributed by atoms with Gasteiger partial charge in [-0.1, -0.05) is 19.1 Å². The van der Waals surface area contributed by atoms with Gasteiger partial charge in [-0.15, -0.1) is 0 Å². The van der Waals surface area contributed by atoms with Gasteiger partial charge in [0.1, 0.15) is 0 Å². The maximum Gasteiger partial charge on any atom is 0.404 e. The number of hydrogen-bond donors (Lipinski definition) is 3. The number of carboxylic acid groups (broad SMARTS) is 1. The third kappa shape index (κ3) is 2.97. The lowest BCUT2D eigenvalue weighted by atomic mass is 10.0. The molecule has 0 fully saturated rings. The van der Waals surface area contributed by atoms with Gasteiger partial charge < -0.3 is 16.2 Å². The Kier molecular flexibility index (Phi) is 3.34. The molecule has 4 N–H and O–H groups in total. The summed E-state index contributed by atoms with van der Waals surface area (Å²) >= 11 is 0. The number of nitrogen functional groups attached to an aromatic ring is 1. The largest absolute Gasteiger partial charge is 0.465 e. The van der Waals surface area contributed by atoms with Crippen molar-refractivity contribution in [1.82, 2.24) is 5.32 Å². The van der Waals surface area contributed by atoms with Crippen molar-refractivity contribution in [1.29, 1.82) is 0 Å². The average Bonchev–Trinajstić information content (AvgIpc) is 2.14. The summed E-state index contributed by atoms with van der Waals surface area (Å²) in [6, 6.07) is 7.46. The molecule has 0 aromatic heterocycles. The maximum atomic E-state index is 10.3. The van der Waals surface area contributed by atoms with E-state index >= 15 is 0 Å². The third-order valence-electron chi connectivity index (χ3n) is 2.04. The van der Waals surface area contributed by atoms with E-state index in [1.807, 2.05) is 25.1 Å². The predicted molar refractivity (Wildman–Crippen MR) is 55.3 cm³/mol. The van der Waals surface area contributed by atoms with E-state index in [2.05, 4.69) is 5.32 Å². The van der Waals surface area contributed by atoms with Gasteiger partial charge in [-0.25, -0.2) is 4.79 Å². The smallest absolute Gasteiger partial charge is 0.404 e. The second-order valence-corrected chi connectivity index (χ2v) is 3.26. The summed E-state index contributed by atoms with van der Waals surface area (Å²) in [7, 11) is 0. The molecule has 0 aliphatic rings. The highest BCUT2D eigenvalue weighted by molar-refractivity contribution is 5.64. The molecule has 0 unspecified atom stereocenters. The Morgan fingerprint density at radius 3 is 2.93 bits per heavy atom. The molecule has 0 heterocycles. The fraction of sp³-hybridized carbons (Fsp3) is 0.300. The number of rotatable bonds is 3. The molecule has 0 saturated heterocycles. The van der Waals surface area contributed by atoms with Crippen LogP contribution >= 0.6 is 0 Å². The lowest BCUT2D eigenvalue weighted by Gasteiger charge is -2.11. The van der Waals surface area contributed by atoms with Crippen LogP contribution in [-0.2, 0) is 0 Å². The molecular formula is C10H14N2O2. The van der Waals surface area contributed by atoms with Crippen LogP contribution in [0.15, 0.2) is 24.3 Å². The van der Waals surface area contributed by atoms with E-state index in [9.17, 15) is 4.79 Å². The predicted octanol–water partition coefficient (Wildman–Crippen LogP) is 1.64. The molecule has 1 rings (SSSR count). The van der Waals surface area contributed by atoms with Crippen LogP contribution in [0.1, 0.15) is 18.4 Å². The van der Waals surface area contributed by atoms with E-state index in [4.69, 9.17) is 10.8 Å². The maximum absolute atomic E-state index is 10.3. The normalized spacial score (nSPS) is 12.1. The molecule has 76 valence electrons. The number of anilines is 1. The van der Waals surface area contributed by atoms with E-state index < -0.39 is 6.09 Å². The van der Waals surface area contributed by atoms with Crippen LogP contribution in [0.3, 0.4) is 0 Å². The summed E-state index contributed by atoms with van der Waals surface area (Å²) in [5.41, 5.74) is 7.35. The SMILES string of the molecule is C[C@@H](CNC(=O)O)c1cccc(N)c1. The molecule has 4 heteroatoms. The summed E-state index contributed by atoms with van der Waals surface area (Å²) < 4.78 is 0. The monoisotopic (exact) mass is 194 g/mol. The van der Waals surface area contributed by atoms with Gasteiger partial charge in [0.2, 0.25) is 0 Å². The molecule has 1 aromatic carbocycles. The zero-order valence-electron chi connectivity index (χ0n) is 8.03. The molecular weight excluding hydrogens is 180 g/mol. The van der Waals surface area contributed by atoms with Gasteiger partial charge in [0.05, 0.1) is 0 Å². The van der Waals surface area contributed by atoms with Gasteiger partial charge in [0, 0.05) is 12.2 Å². The lowest BCUT2D eigenvalue weighted by Crippen LogP contribution is -2.25. The number of hydrogen-bond acceptors (Lipinski definition) is 2. The fourth-order valence-corrected chi connectivity index (χ4v) is 1.22. The standard InChI is InChI=1S/C10H14N2O2/c1-7(6-12-10(13)14)8-3-2-4-9(11)5-8/h2-5,7,12H,6,11H2,1H3,(H,13,14)/t7-/m0/s1.